The van der Waals surface area contributed by atoms with E-state index in [1.807, 2.05) is 6.07 Å². The molecule has 5 nitrogen and oxygen atoms in total. The number of aryl methyl sites for hydroxylation is 1. The number of nitrogens with two attached hydrogens (primary N) is 1. The first kappa shape index (κ1) is 11.1. The van der Waals surface area contributed by atoms with Crippen LogP contribution >= 0.6 is 0 Å². The van der Waals surface area contributed by atoms with Crippen molar-refractivity contribution in [2.75, 3.05) is 17.3 Å². The maximum atomic E-state index is 5.38. The predicted octanol–water partition coefficient (Wildman–Crippen LogP) is 1.54. The molecule has 0 radical (unpaired) electrons. The molecule has 1 aromatic rings. The molecule has 0 aliphatic heterocycles. The molecule has 0 amide bonds. The standard InChI is InChI=1S/C11H19N5/c1-2-3-9-14-10(6-11(15-9)16-12)13-7-8-4-5-8/h6,8H,2-5,7,12H2,1H3,(H2,13,14,15,16). The zero-order chi connectivity index (χ0) is 11.4. The van der Waals surface area contributed by atoms with Crippen LogP contribution in [0.4, 0.5) is 11.6 Å². The lowest BCUT2D eigenvalue weighted by Gasteiger charge is -2.08. The molecule has 0 saturated heterocycles. The largest absolute Gasteiger partial charge is 0.370 e. The lowest BCUT2D eigenvalue weighted by Crippen LogP contribution is -2.13. The van der Waals surface area contributed by atoms with Crippen LogP contribution in [0.3, 0.4) is 0 Å². The number of rotatable bonds is 6. The van der Waals surface area contributed by atoms with Crippen molar-refractivity contribution in [3.8, 4) is 0 Å². The van der Waals surface area contributed by atoms with Gasteiger partial charge in [-0.15, -0.1) is 0 Å². The van der Waals surface area contributed by atoms with Crippen LogP contribution in [-0.2, 0) is 6.42 Å². The van der Waals surface area contributed by atoms with Crippen molar-refractivity contribution < 1.29 is 0 Å². The maximum absolute atomic E-state index is 5.38. The van der Waals surface area contributed by atoms with Crippen molar-refractivity contribution in [3.63, 3.8) is 0 Å². The summed E-state index contributed by atoms with van der Waals surface area (Å²) in [6.07, 6.45) is 4.59. The summed E-state index contributed by atoms with van der Waals surface area (Å²) in [5.41, 5.74) is 2.58. The van der Waals surface area contributed by atoms with Gasteiger partial charge in [0.25, 0.3) is 0 Å². The molecule has 0 spiro atoms. The van der Waals surface area contributed by atoms with E-state index in [1.54, 1.807) is 0 Å². The molecule has 16 heavy (non-hydrogen) atoms. The fraction of sp³-hybridized carbons (Fsp3) is 0.636. The number of aromatic nitrogens is 2. The molecule has 1 saturated carbocycles. The fourth-order valence-corrected chi connectivity index (χ4v) is 1.57. The van der Waals surface area contributed by atoms with Gasteiger partial charge in [-0.25, -0.2) is 15.8 Å². The quantitative estimate of drug-likeness (QED) is 0.502. The zero-order valence-corrected chi connectivity index (χ0v) is 9.66. The first-order chi connectivity index (χ1) is 7.81. The predicted molar refractivity (Wildman–Crippen MR) is 65.1 cm³/mol. The lowest BCUT2D eigenvalue weighted by atomic mass is 10.3. The first-order valence-electron chi connectivity index (χ1n) is 5.90. The molecule has 5 heteroatoms. The maximum Gasteiger partial charge on any atom is 0.145 e. The Hall–Kier alpha value is -1.36. The zero-order valence-electron chi connectivity index (χ0n) is 9.66. The highest BCUT2D eigenvalue weighted by atomic mass is 15.3. The molecule has 1 aliphatic carbocycles. The third-order valence-electron chi connectivity index (χ3n) is 2.66. The molecular formula is C11H19N5. The Morgan fingerprint density at radius 3 is 2.75 bits per heavy atom. The van der Waals surface area contributed by atoms with Gasteiger partial charge in [-0.1, -0.05) is 6.92 Å². The van der Waals surface area contributed by atoms with Crippen LogP contribution in [0.1, 0.15) is 32.0 Å². The molecule has 0 atom stereocenters. The smallest absolute Gasteiger partial charge is 0.145 e. The van der Waals surface area contributed by atoms with Crippen molar-refractivity contribution in [2.45, 2.75) is 32.6 Å². The second-order valence-electron chi connectivity index (χ2n) is 4.27. The van der Waals surface area contributed by atoms with Crippen LogP contribution in [0.15, 0.2) is 6.07 Å². The Kier molecular flexibility index (Phi) is 3.56. The second kappa shape index (κ2) is 5.12. The van der Waals surface area contributed by atoms with Crippen molar-refractivity contribution in [2.24, 2.45) is 11.8 Å². The van der Waals surface area contributed by atoms with Gasteiger partial charge in [0.15, 0.2) is 0 Å². The van der Waals surface area contributed by atoms with Gasteiger partial charge in [-0.05, 0) is 25.2 Å². The first-order valence-corrected chi connectivity index (χ1v) is 5.90. The summed E-state index contributed by atoms with van der Waals surface area (Å²) in [4.78, 5) is 8.75. The van der Waals surface area contributed by atoms with Crippen LogP contribution in [-0.4, -0.2) is 16.5 Å². The van der Waals surface area contributed by atoms with Gasteiger partial charge in [0, 0.05) is 19.0 Å². The van der Waals surface area contributed by atoms with Gasteiger partial charge in [0.1, 0.15) is 17.5 Å². The molecule has 1 fully saturated rings. The highest BCUT2D eigenvalue weighted by Crippen LogP contribution is 2.28. The number of hydrogen-bond acceptors (Lipinski definition) is 5. The van der Waals surface area contributed by atoms with Gasteiger partial charge in [0.05, 0.1) is 0 Å². The van der Waals surface area contributed by atoms with Gasteiger partial charge in [-0.2, -0.15) is 0 Å². The lowest BCUT2D eigenvalue weighted by molar-refractivity contribution is 0.826. The molecule has 4 N–H and O–H groups in total. The highest BCUT2D eigenvalue weighted by Gasteiger charge is 2.20. The number of nitrogens with zero attached hydrogens (tertiary/aromatic N) is 2. The summed E-state index contributed by atoms with van der Waals surface area (Å²) in [6, 6.07) is 1.85. The average Bonchev–Trinajstić information content (AvgIpc) is 3.10. The summed E-state index contributed by atoms with van der Waals surface area (Å²) in [7, 11) is 0. The normalized spacial score (nSPS) is 14.9. The van der Waals surface area contributed by atoms with E-state index < -0.39 is 0 Å². The summed E-state index contributed by atoms with van der Waals surface area (Å²) < 4.78 is 0. The Morgan fingerprint density at radius 1 is 1.38 bits per heavy atom. The molecule has 1 aliphatic rings. The van der Waals surface area contributed by atoms with Crippen LogP contribution < -0.4 is 16.6 Å². The highest BCUT2D eigenvalue weighted by molar-refractivity contribution is 5.46. The van der Waals surface area contributed by atoms with Gasteiger partial charge >= 0.3 is 0 Å². The summed E-state index contributed by atoms with van der Waals surface area (Å²) in [5, 5.41) is 3.33. The average molecular weight is 221 g/mol. The van der Waals surface area contributed by atoms with Crippen molar-refractivity contribution in [1.82, 2.24) is 9.97 Å². The van der Waals surface area contributed by atoms with E-state index in [0.717, 1.165) is 36.9 Å². The van der Waals surface area contributed by atoms with Crippen molar-refractivity contribution in [3.05, 3.63) is 11.9 Å². The Labute approximate surface area is 95.8 Å². The number of hydrogen-bond donors (Lipinski definition) is 3. The Bertz CT molecular complexity index is 348. The van der Waals surface area contributed by atoms with Crippen LogP contribution in [0, 0.1) is 5.92 Å². The summed E-state index contributed by atoms with van der Waals surface area (Å²) in [5.74, 6) is 8.61. The number of nitrogen functional groups attached to an aromatic ring is 1. The van der Waals surface area contributed by atoms with E-state index in [4.69, 9.17) is 5.84 Å². The Balaban J connectivity index is 2.04. The topological polar surface area (TPSA) is 75.9 Å². The SMILES string of the molecule is CCCc1nc(NN)cc(NCC2CC2)n1. The molecule has 0 aromatic carbocycles. The summed E-state index contributed by atoms with van der Waals surface area (Å²) in [6.45, 7) is 3.12. The minimum Gasteiger partial charge on any atom is -0.370 e. The van der Waals surface area contributed by atoms with E-state index in [2.05, 4.69) is 27.6 Å². The minimum atomic E-state index is 0.678. The van der Waals surface area contributed by atoms with Gasteiger partial charge in [-0.3, -0.25) is 0 Å². The van der Waals surface area contributed by atoms with Gasteiger partial charge in [0.2, 0.25) is 0 Å². The van der Waals surface area contributed by atoms with Crippen LogP contribution in [0.25, 0.3) is 0 Å². The molecule has 0 unspecified atom stereocenters. The number of anilines is 2. The number of hydrazine groups is 1. The van der Waals surface area contributed by atoms with E-state index in [1.165, 1.54) is 12.8 Å². The van der Waals surface area contributed by atoms with E-state index in [-0.39, 0.29) is 0 Å². The van der Waals surface area contributed by atoms with Crippen molar-refractivity contribution >= 4 is 11.6 Å². The van der Waals surface area contributed by atoms with Crippen molar-refractivity contribution in [1.29, 1.82) is 0 Å². The number of nitrogens with one attached hydrogen (secondary N) is 2. The monoisotopic (exact) mass is 221 g/mol. The third kappa shape index (κ3) is 3.06. The fourth-order valence-electron chi connectivity index (χ4n) is 1.57. The van der Waals surface area contributed by atoms with E-state index >= 15 is 0 Å². The van der Waals surface area contributed by atoms with Crippen LogP contribution in [0.5, 0.6) is 0 Å². The Morgan fingerprint density at radius 2 is 2.12 bits per heavy atom. The molecule has 1 heterocycles. The van der Waals surface area contributed by atoms with E-state index in [9.17, 15) is 0 Å². The molecule has 88 valence electrons. The molecule has 2 rings (SSSR count). The van der Waals surface area contributed by atoms with Gasteiger partial charge < -0.3 is 10.7 Å². The summed E-state index contributed by atoms with van der Waals surface area (Å²) >= 11 is 0. The van der Waals surface area contributed by atoms with Crippen LogP contribution in [0.2, 0.25) is 0 Å². The molecule has 1 aromatic heterocycles. The van der Waals surface area contributed by atoms with E-state index in [0.29, 0.717) is 5.82 Å². The second-order valence-corrected chi connectivity index (χ2v) is 4.27. The third-order valence-corrected chi connectivity index (χ3v) is 2.66. The minimum absolute atomic E-state index is 0.678. The molecular weight excluding hydrogens is 202 g/mol. The molecule has 0 bridgehead atoms.